The Morgan fingerprint density at radius 1 is 1.10 bits per heavy atom. The lowest BCUT2D eigenvalue weighted by atomic mass is 9.94. The van der Waals surface area contributed by atoms with Crippen LogP contribution < -0.4 is 11.1 Å². The SMILES string of the molecule is CC(C)(O)C#Cc1ccc(-c2ccc(Cl)c(C(N)=O)c2)c([C@H](Cc2cc(F)cc(F)c2)NC(=O)Cn2nc(C(F)(F)F)c3c2C(F)(F)[C@@H]2C[C@]32F)n1. The highest BCUT2D eigenvalue weighted by Crippen LogP contribution is 2.73. The van der Waals surface area contributed by atoms with Crippen molar-refractivity contribution in [1.82, 2.24) is 20.1 Å². The minimum absolute atomic E-state index is 0.00649. The van der Waals surface area contributed by atoms with E-state index >= 15 is 13.2 Å². The number of nitrogens with zero attached hydrogens (tertiary/aromatic N) is 3. The summed E-state index contributed by atoms with van der Waals surface area (Å²) in [7, 11) is 0. The van der Waals surface area contributed by atoms with Gasteiger partial charge in [-0.05, 0) is 80.1 Å². The molecular weight excluding hydrogens is 726 g/mol. The van der Waals surface area contributed by atoms with Crippen LogP contribution in [0, 0.1) is 29.4 Å². The summed E-state index contributed by atoms with van der Waals surface area (Å²) in [6.45, 7) is 1.54. The van der Waals surface area contributed by atoms with Crippen LogP contribution in [0.3, 0.4) is 0 Å². The number of aromatic nitrogens is 3. The van der Waals surface area contributed by atoms with Gasteiger partial charge in [0.25, 0.3) is 5.92 Å². The van der Waals surface area contributed by atoms with Gasteiger partial charge in [-0.1, -0.05) is 23.6 Å². The van der Waals surface area contributed by atoms with E-state index in [1.54, 1.807) is 0 Å². The van der Waals surface area contributed by atoms with Gasteiger partial charge in [0.1, 0.15) is 40.8 Å². The number of hydrogen-bond acceptors (Lipinski definition) is 5. The molecule has 4 aromatic rings. The zero-order valence-corrected chi connectivity index (χ0v) is 27.7. The highest BCUT2D eigenvalue weighted by molar-refractivity contribution is 6.33. The van der Waals surface area contributed by atoms with Crippen LogP contribution in [0.5, 0.6) is 0 Å². The number of alkyl halides is 6. The molecule has 2 aliphatic carbocycles. The van der Waals surface area contributed by atoms with Crippen molar-refractivity contribution in [2.75, 3.05) is 0 Å². The van der Waals surface area contributed by atoms with Crippen molar-refractivity contribution < 1.29 is 49.8 Å². The molecule has 17 heteroatoms. The topological polar surface area (TPSA) is 123 Å². The molecule has 0 bridgehead atoms. The Balaban J connectivity index is 1.47. The molecular formula is C35H26ClF8N5O3. The number of hydrogen-bond donors (Lipinski definition) is 3. The van der Waals surface area contributed by atoms with Crippen molar-refractivity contribution in [3.63, 3.8) is 0 Å². The Morgan fingerprint density at radius 2 is 1.77 bits per heavy atom. The number of nitrogens with one attached hydrogen (secondary N) is 1. The Morgan fingerprint density at radius 3 is 2.38 bits per heavy atom. The number of amides is 2. The van der Waals surface area contributed by atoms with E-state index in [9.17, 15) is 36.6 Å². The summed E-state index contributed by atoms with van der Waals surface area (Å²) >= 11 is 6.14. The summed E-state index contributed by atoms with van der Waals surface area (Å²) in [5.74, 6) is -5.00. The summed E-state index contributed by atoms with van der Waals surface area (Å²) in [4.78, 5) is 30.3. The minimum atomic E-state index is -5.33. The third-order valence-electron chi connectivity index (χ3n) is 8.57. The summed E-state index contributed by atoms with van der Waals surface area (Å²) < 4.78 is 116. The number of nitrogens with two attached hydrogens (primary N) is 1. The average Bonchev–Trinajstić information content (AvgIpc) is 3.50. The third kappa shape index (κ3) is 6.94. The van der Waals surface area contributed by atoms with Crippen LogP contribution in [0.1, 0.15) is 70.6 Å². The lowest BCUT2D eigenvalue weighted by molar-refractivity contribution is -0.143. The van der Waals surface area contributed by atoms with Gasteiger partial charge in [-0.2, -0.15) is 27.1 Å². The molecule has 2 amide bonds. The first-order valence-corrected chi connectivity index (χ1v) is 15.8. The zero-order valence-electron chi connectivity index (χ0n) is 27.0. The smallest absolute Gasteiger partial charge is 0.378 e. The Kier molecular flexibility index (Phi) is 8.90. The van der Waals surface area contributed by atoms with E-state index in [0.29, 0.717) is 6.07 Å². The molecule has 2 aromatic carbocycles. The van der Waals surface area contributed by atoms with Crippen molar-refractivity contribution in [2.45, 2.75) is 62.6 Å². The van der Waals surface area contributed by atoms with Gasteiger partial charge in [0.2, 0.25) is 11.8 Å². The second-order valence-electron chi connectivity index (χ2n) is 13.1. The predicted octanol–water partition coefficient (Wildman–Crippen LogP) is 6.51. The summed E-state index contributed by atoms with van der Waals surface area (Å²) in [6, 6.07) is 8.04. The van der Waals surface area contributed by atoms with E-state index in [0.717, 1.165) is 12.1 Å². The molecule has 1 fully saturated rings. The van der Waals surface area contributed by atoms with Crippen LogP contribution in [0.25, 0.3) is 11.1 Å². The first-order valence-electron chi connectivity index (χ1n) is 15.4. The van der Waals surface area contributed by atoms with Gasteiger partial charge in [-0.15, -0.1) is 0 Å². The quantitative estimate of drug-likeness (QED) is 0.140. The fourth-order valence-electron chi connectivity index (χ4n) is 6.31. The van der Waals surface area contributed by atoms with Crippen LogP contribution in [-0.2, 0) is 35.5 Å². The van der Waals surface area contributed by atoms with Gasteiger partial charge in [0, 0.05) is 17.2 Å². The Labute approximate surface area is 295 Å². The fourth-order valence-corrected chi connectivity index (χ4v) is 6.52. The number of primary amides is 1. The van der Waals surface area contributed by atoms with Crippen molar-refractivity contribution in [3.05, 3.63) is 105 Å². The monoisotopic (exact) mass is 751 g/mol. The Hall–Kier alpha value is -5.01. The maximum Gasteiger partial charge on any atom is 0.435 e. The highest BCUT2D eigenvalue weighted by Gasteiger charge is 2.78. The number of aliphatic hydroxyl groups is 1. The normalized spacial score (nSPS) is 19.3. The molecule has 0 unspecified atom stereocenters. The summed E-state index contributed by atoms with van der Waals surface area (Å²) in [6.07, 6.45) is -6.60. The first-order chi connectivity index (χ1) is 24.1. The number of fused-ring (bicyclic) bond motifs is 3. The minimum Gasteiger partial charge on any atom is -0.378 e. The predicted molar refractivity (Wildman–Crippen MR) is 169 cm³/mol. The molecule has 0 spiro atoms. The number of halogens is 9. The average molecular weight is 752 g/mol. The van der Waals surface area contributed by atoms with Gasteiger partial charge in [-0.3, -0.25) is 14.3 Å². The largest absolute Gasteiger partial charge is 0.435 e. The summed E-state index contributed by atoms with van der Waals surface area (Å²) in [5, 5.41) is 15.8. The van der Waals surface area contributed by atoms with Crippen molar-refractivity contribution >= 4 is 23.4 Å². The van der Waals surface area contributed by atoms with E-state index in [-0.39, 0.29) is 43.3 Å². The van der Waals surface area contributed by atoms with E-state index in [1.165, 1.54) is 44.2 Å². The molecule has 1 saturated carbocycles. The van der Waals surface area contributed by atoms with Crippen LogP contribution >= 0.6 is 11.6 Å². The van der Waals surface area contributed by atoms with Gasteiger partial charge in [0.15, 0.2) is 5.69 Å². The molecule has 2 heterocycles. The van der Waals surface area contributed by atoms with Crippen LogP contribution in [-0.4, -0.2) is 37.3 Å². The van der Waals surface area contributed by atoms with Crippen molar-refractivity contribution in [1.29, 1.82) is 0 Å². The first kappa shape index (κ1) is 36.8. The number of carbonyl (C=O) groups is 2. The lowest BCUT2D eigenvalue weighted by Gasteiger charge is -2.23. The van der Waals surface area contributed by atoms with Crippen LogP contribution in [0.4, 0.5) is 35.1 Å². The van der Waals surface area contributed by atoms with E-state index in [1.807, 2.05) is 0 Å². The third-order valence-corrected chi connectivity index (χ3v) is 8.90. The lowest BCUT2D eigenvalue weighted by Crippen LogP contribution is -2.35. The van der Waals surface area contributed by atoms with E-state index < -0.39 is 95.1 Å². The van der Waals surface area contributed by atoms with Gasteiger partial charge >= 0.3 is 6.18 Å². The van der Waals surface area contributed by atoms with Gasteiger partial charge in [-0.25, -0.2) is 18.2 Å². The van der Waals surface area contributed by atoms with Crippen LogP contribution in [0.2, 0.25) is 5.02 Å². The van der Waals surface area contributed by atoms with Gasteiger partial charge in [0.05, 0.1) is 28.2 Å². The number of benzene rings is 2. The molecule has 52 heavy (non-hydrogen) atoms. The molecule has 0 saturated heterocycles. The Bertz CT molecular complexity index is 2180. The molecule has 0 aliphatic heterocycles. The van der Waals surface area contributed by atoms with Crippen molar-refractivity contribution in [3.8, 4) is 23.0 Å². The van der Waals surface area contributed by atoms with Gasteiger partial charge < -0.3 is 16.2 Å². The van der Waals surface area contributed by atoms with Crippen LogP contribution in [0.15, 0.2) is 48.5 Å². The maximum atomic E-state index is 15.3. The zero-order chi connectivity index (χ0) is 38.1. The molecule has 2 aliphatic rings. The molecule has 0 radical (unpaired) electrons. The van der Waals surface area contributed by atoms with E-state index in [4.69, 9.17) is 17.3 Å². The fraction of sp³-hybridized carbons (Fsp3) is 0.314. The molecule has 3 atom stereocenters. The second kappa shape index (κ2) is 12.6. The highest BCUT2D eigenvalue weighted by atomic mass is 35.5. The molecule has 6 rings (SSSR count). The van der Waals surface area contributed by atoms with Crippen molar-refractivity contribution in [2.24, 2.45) is 11.7 Å². The van der Waals surface area contributed by atoms with E-state index in [2.05, 4.69) is 27.2 Å². The molecule has 2 aromatic heterocycles. The molecule has 4 N–H and O–H groups in total. The number of carbonyl (C=O) groups excluding carboxylic acids is 2. The maximum absolute atomic E-state index is 15.3. The molecule has 8 nitrogen and oxygen atoms in total. The number of pyridine rings is 1. The number of rotatable bonds is 8. The molecule has 272 valence electrons. The standard InChI is InChI=1S/C35H26ClF8N5O3/c1-32(2,52)8-7-20-4-5-21(17-3-6-23(36)22(12-17)31(45)51)28(46-20)24(11-16-9-18(37)13-19(38)10-16)47-26(50)15-49-30-27(29(48-49)35(42,43)44)33(39)14-25(33)34(30,40)41/h3-6,9-10,12-13,24-25,52H,11,14-15H2,1-2H3,(H2,45,51)(H,47,50)/t24-,25+,33+/m0/s1. The second-order valence-corrected chi connectivity index (χ2v) is 13.5. The summed E-state index contributed by atoms with van der Waals surface area (Å²) in [5.41, 5.74) is -3.32.